The normalized spacial score (nSPS) is 12.6. The number of aromatic carboxylic acids is 1. The van der Waals surface area contributed by atoms with Gasteiger partial charge < -0.3 is 5.11 Å². The first-order valence-corrected chi connectivity index (χ1v) is 10.7. The second-order valence-corrected chi connectivity index (χ2v) is 9.50. The first-order valence-electron chi connectivity index (χ1n) is 7.58. The van der Waals surface area contributed by atoms with Crippen molar-refractivity contribution in [3.63, 3.8) is 0 Å². The molecule has 12 heteroatoms. The van der Waals surface area contributed by atoms with E-state index in [1.165, 1.54) is 6.92 Å². The average Bonchev–Trinajstić information content (AvgIpc) is 2.60. The predicted octanol–water partition coefficient (Wildman–Crippen LogP) is 3.00. The van der Waals surface area contributed by atoms with Crippen molar-refractivity contribution in [3.05, 3.63) is 53.6 Å². The molecule has 0 atom stereocenters. The Morgan fingerprint density at radius 2 is 1.54 bits per heavy atom. The van der Waals surface area contributed by atoms with E-state index in [4.69, 9.17) is 0 Å². The lowest BCUT2D eigenvalue weighted by atomic mass is 10.2. The van der Waals surface area contributed by atoms with Crippen molar-refractivity contribution in [3.8, 4) is 0 Å². The van der Waals surface area contributed by atoms with Crippen LogP contribution in [0.4, 0.5) is 18.9 Å². The van der Waals surface area contributed by atoms with Crippen LogP contribution < -0.4 is 4.72 Å². The average molecular weight is 437 g/mol. The lowest BCUT2D eigenvalue weighted by Crippen LogP contribution is -2.17. The topological polar surface area (TPSA) is 118 Å². The van der Waals surface area contributed by atoms with E-state index in [1.807, 2.05) is 4.72 Å². The van der Waals surface area contributed by atoms with Crippen LogP contribution in [-0.4, -0.2) is 33.7 Å². The van der Waals surface area contributed by atoms with Gasteiger partial charge in [-0.1, -0.05) is 6.92 Å². The third-order valence-electron chi connectivity index (χ3n) is 3.70. The molecule has 0 heterocycles. The maximum atomic E-state index is 12.6. The number of hydrogen-bond acceptors (Lipinski definition) is 5. The van der Waals surface area contributed by atoms with E-state index in [9.17, 15) is 39.9 Å². The molecular formula is C16H14F3NO6S2. The van der Waals surface area contributed by atoms with Gasteiger partial charge in [0.1, 0.15) is 0 Å². The maximum absolute atomic E-state index is 12.6. The Morgan fingerprint density at radius 3 is 2.00 bits per heavy atom. The van der Waals surface area contributed by atoms with Crippen LogP contribution in [0.3, 0.4) is 0 Å². The van der Waals surface area contributed by atoms with Gasteiger partial charge in [0.15, 0.2) is 9.84 Å². The number of sulfonamides is 1. The Bertz CT molecular complexity index is 1110. The molecule has 28 heavy (non-hydrogen) atoms. The Balaban J connectivity index is 2.50. The fourth-order valence-corrected chi connectivity index (χ4v) is 4.16. The highest BCUT2D eigenvalue weighted by Gasteiger charge is 2.31. The number of alkyl halides is 3. The first-order chi connectivity index (χ1) is 12.8. The highest BCUT2D eigenvalue weighted by Crippen LogP contribution is 2.30. The van der Waals surface area contributed by atoms with Gasteiger partial charge in [0.2, 0.25) is 0 Å². The number of hydrogen-bond donors (Lipinski definition) is 2. The molecule has 0 aliphatic rings. The quantitative estimate of drug-likeness (QED) is 0.717. The van der Waals surface area contributed by atoms with E-state index < -0.39 is 53.7 Å². The SMILES string of the molecule is CCS(=O)(=O)c1ccc(C(=O)O)c(NS(=O)(=O)c2ccc(C(F)(F)F)cc2)c1. The fraction of sp³-hybridized carbons (Fsp3) is 0.188. The minimum absolute atomic E-state index is 0.301. The number of carbonyl (C=O) groups is 1. The molecule has 2 N–H and O–H groups in total. The van der Waals surface area contributed by atoms with Gasteiger partial charge in [-0.15, -0.1) is 0 Å². The molecule has 0 aliphatic carbocycles. The second kappa shape index (κ2) is 7.43. The van der Waals surface area contributed by atoms with Crippen LogP contribution in [0, 0.1) is 0 Å². The van der Waals surface area contributed by atoms with E-state index in [0.717, 1.165) is 18.2 Å². The van der Waals surface area contributed by atoms with Crippen LogP contribution in [0.1, 0.15) is 22.8 Å². The predicted molar refractivity (Wildman–Crippen MR) is 93.4 cm³/mol. The van der Waals surface area contributed by atoms with E-state index in [-0.39, 0.29) is 10.6 Å². The number of benzene rings is 2. The molecule has 7 nitrogen and oxygen atoms in total. The van der Waals surface area contributed by atoms with Gasteiger partial charge in [-0.25, -0.2) is 21.6 Å². The van der Waals surface area contributed by atoms with Crippen molar-refractivity contribution in [2.45, 2.75) is 22.9 Å². The number of carboxylic acid groups (broad SMARTS) is 1. The van der Waals surface area contributed by atoms with Crippen LogP contribution in [0.25, 0.3) is 0 Å². The van der Waals surface area contributed by atoms with E-state index >= 15 is 0 Å². The van der Waals surface area contributed by atoms with E-state index in [0.29, 0.717) is 24.3 Å². The van der Waals surface area contributed by atoms with Crippen molar-refractivity contribution < 1.29 is 39.9 Å². The third kappa shape index (κ3) is 4.62. The molecule has 0 radical (unpaired) electrons. The van der Waals surface area contributed by atoms with Gasteiger partial charge in [-0.05, 0) is 42.5 Å². The summed E-state index contributed by atoms with van der Waals surface area (Å²) in [4.78, 5) is 10.5. The Morgan fingerprint density at radius 1 is 1.00 bits per heavy atom. The van der Waals surface area contributed by atoms with Gasteiger partial charge in [0, 0.05) is 0 Å². The van der Waals surface area contributed by atoms with Crippen molar-refractivity contribution in [2.24, 2.45) is 0 Å². The summed E-state index contributed by atoms with van der Waals surface area (Å²) < 4.78 is 88.6. The molecule has 0 spiro atoms. The van der Waals surface area contributed by atoms with Crippen LogP contribution in [-0.2, 0) is 26.0 Å². The van der Waals surface area contributed by atoms with Crippen LogP contribution in [0.5, 0.6) is 0 Å². The lowest BCUT2D eigenvalue weighted by Gasteiger charge is -2.13. The summed E-state index contributed by atoms with van der Waals surface area (Å²) in [6.45, 7) is 1.35. The fourth-order valence-electron chi connectivity index (χ4n) is 2.18. The van der Waals surface area contributed by atoms with Crippen LogP contribution in [0.15, 0.2) is 52.3 Å². The molecule has 0 unspecified atom stereocenters. The van der Waals surface area contributed by atoms with E-state index in [2.05, 4.69) is 0 Å². The second-order valence-electron chi connectivity index (χ2n) is 5.54. The molecule has 152 valence electrons. The molecule has 0 bridgehead atoms. The molecule has 2 rings (SSSR count). The maximum Gasteiger partial charge on any atom is 0.416 e. The van der Waals surface area contributed by atoms with Crippen molar-refractivity contribution >= 4 is 31.5 Å². The number of carboxylic acids is 1. The molecule has 0 fully saturated rings. The van der Waals surface area contributed by atoms with Crippen molar-refractivity contribution in [2.75, 3.05) is 10.5 Å². The number of sulfone groups is 1. The zero-order chi connectivity index (χ0) is 21.3. The Hall–Kier alpha value is -2.60. The summed E-state index contributed by atoms with van der Waals surface area (Å²) in [5.74, 6) is -1.82. The Labute approximate surface area is 158 Å². The summed E-state index contributed by atoms with van der Waals surface area (Å²) in [6, 6.07) is 5.34. The number of anilines is 1. The number of nitrogens with one attached hydrogen (secondary N) is 1. The lowest BCUT2D eigenvalue weighted by molar-refractivity contribution is -0.137. The summed E-state index contributed by atoms with van der Waals surface area (Å²) in [6.07, 6.45) is -4.66. The first kappa shape index (κ1) is 21.7. The monoisotopic (exact) mass is 437 g/mol. The zero-order valence-corrected chi connectivity index (χ0v) is 15.8. The van der Waals surface area contributed by atoms with Gasteiger partial charge in [0.25, 0.3) is 10.0 Å². The summed E-state index contributed by atoms with van der Waals surface area (Å²) in [5.41, 5.74) is -2.11. The minimum Gasteiger partial charge on any atom is -0.478 e. The van der Waals surface area contributed by atoms with Crippen molar-refractivity contribution in [1.82, 2.24) is 0 Å². The summed E-state index contributed by atoms with van der Waals surface area (Å²) in [5, 5.41) is 9.20. The van der Waals surface area contributed by atoms with Gasteiger partial charge in [-0.3, -0.25) is 4.72 Å². The minimum atomic E-state index is -4.66. The van der Waals surface area contributed by atoms with Crippen LogP contribution in [0.2, 0.25) is 0 Å². The molecule has 0 saturated carbocycles. The highest BCUT2D eigenvalue weighted by molar-refractivity contribution is 7.92. The van der Waals surface area contributed by atoms with Gasteiger partial charge >= 0.3 is 12.1 Å². The largest absolute Gasteiger partial charge is 0.478 e. The molecular weight excluding hydrogens is 423 g/mol. The number of rotatable bonds is 6. The Kier molecular flexibility index (Phi) is 5.76. The molecule has 2 aromatic rings. The summed E-state index contributed by atoms with van der Waals surface area (Å²) >= 11 is 0. The molecule has 0 aromatic heterocycles. The van der Waals surface area contributed by atoms with Crippen molar-refractivity contribution in [1.29, 1.82) is 0 Å². The summed E-state index contributed by atoms with van der Waals surface area (Å²) in [7, 11) is -8.23. The standard InChI is InChI=1S/C16H14F3NO6S2/c1-2-27(23,24)12-7-8-13(15(21)22)14(9-12)20-28(25,26)11-5-3-10(4-6-11)16(17,18)19/h3-9,20H,2H2,1H3,(H,21,22). The van der Waals surface area contributed by atoms with Gasteiger partial charge in [-0.2, -0.15) is 13.2 Å². The molecule has 2 aromatic carbocycles. The molecule has 0 aliphatic heterocycles. The highest BCUT2D eigenvalue weighted by atomic mass is 32.2. The van der Waals surface area contributed by atoms with E-state index in [1.54, 1.807) is 0 Å². The molecule has 0 saturated heterocycles. The number of halogens is 3. The zero-order valence-electron chi connectivity index (χ0n) is 14.2. The third-order valence-corrected chi connectivity index (χ3v) is 6.81. The molecule has 0 amide bonds. The van der Waals surface area contributed by atoms with Gasteiger partial charge in [0.05, 0.1) is 32.4 Å². The van der Waals surface area contributed by atoms with Crippen LogP contribution >= 0.6 is 0 Å². The smallest absolute Gasteiger partial charge is 0.416 e.